The van der Waals surface area contributed by atoms with Gasteiger partial charge in [0.25, 0.3) is 5.69 Å². The van der Waals surface area contributed by atoms with Crippen LogP contribution < -0.4 is 5.32 Å². The lowest BCUT2D eigenvalue weighted by atomic mass is 10.2. The second kappa shape index (κ2) is 6.07. The van der Waals surface area contributed by atoms with Crippen molar-refractivity contribution in [2.75, 3.05) is 5.32 Å². The summed E-state index contributed by atoms with van der Waals surface area (Å²) in [5.41, 5.74) is 0.549. The van der Waals surface area contributed by atoms with E-state index in [1.807, 2.05) is 0 Å². The maximum atomic E-state index is 13.2. The van der Waals surface area contributed by atoms with Crippen LogP contribution in [0.15, 0.2) is 36.4 Å². The standard InChI is InChI=1S/C13H9Cl2FN2O2/c14-9-1-3-11(15)8(5-9)7-17-12-6-10(16)2-4-13(12)18(19)20/h1-6,17H,7H2. The molecule has 0 unspecified atom stereocenters. The molecule has 2 rings (SSSR count). The summed E-state index contributed by atoms with van der Waals surface area (Å²) in [5, 5.41) is 14.6. The van der Waals surface area contributed by atoms with Crippen molar-refractivity contribution >= 4 is 34.6 Å². The van der Waals surface area contributed by atoms with Crippen LogP contribution >= 0.6 is 23.2 Å². The molecule has 1 N–H and O–H groups in total. The molecule has 0 radical (unpaired) electrons. The number of anilines is 1. The van der Waals surface area contributed by atoms with Gasteiger partial charge in [-0.25, -0.2) is 4.39 Å². The van der Waals surface area contributed by atoms with Crippen molar-refractivity contribution in [2.45, 2.75) is 6.54 Å². The molecule has 104 valence electrons. The van der Waals surface area contributed by atoms with Crippen molar-refractivity contribution in [1.29, 1.82) is 0 Å². The topological polar surface area (TPSA) is 55.2 Å². The third-order valence-corrected chi connectivity index (χ3v) is 3.24. The zero-order valence-electron chi connectivity index (χ0n) is 10.1. The van der Waals surface area contributed by atoms with E-state index < -0.39 is 10.7 Å². The number of nitro groups is 1. The van der Waals surface area contributed by atoms with Gasteiger partial charge >= 0.3 is 0 Å². The zero-order valence-corrected chi connectivity index (χ0v) is 11.6. The summed E-state index contributed by atoms with van der Waals surface area (Å²) >= 11 is 11.8. The Hall–Kier alpha value is -1.85. The number of halogens is 3. The number of benzene rings is 2. The quantitative estimate of drug-likeness (QED) is 0.660. The van der Waals surface area contributed by atoms with Crippen LogP contribution in [-0.4, -0.2) is 4.92 Å². The fourth-order valence-electron chi connectivity index (χ4n) is 1.68. The Morgan fingerprint density at radius 2 is 1.95 bits per heavy atom. The molecule has 0 amide bonds. The number of rotatable bonds is 4. The molecule has 2 aromatic carbocycles. The van der Waals surface area contributed by atoms with Crippen LogP contribution in [0.1, 0.15) is 5.56 Å². The van der Waals surface area contributed by atoms with Crippen molar-refractivity contribution in [1.82, 2.24) is 0 Å². The van der Waals surface area contributed by atoms with Crippen LogP contribution in [-0.2, 0) is 6.54 Å². The lowest BCUT2D eigenvalue weighted by molar-refractivity contribution is -0.384. The SMILES string of the molecule is O=[N+]([O-])c1ccc(F)cc1NCc1cc(Cl)ccc1Cl. The van der Waals surface area contributed by atoms with Gasteiger partial charge in [-0.3, -0.25) is 10.1 Å². The van der Waals surface area contributed by atoms with E-state index >= 15 is 0 Å². The summed E-state index contributed by atoms with van der Waals surface area (Å²) in [6.45, 7) is 0.198. The Bertz CT molecular complexity index is 665. The molecule has 0 saturated carbocycles. The Balaban J connectivity index is 2.24. The van der Waals surface area contributed by atoms with E-state index in [0.717, 1.165) is 18.2 Å². The van der Waals surface area contributed by atoms with Gasteiger partial charge in [0.2, 0.25) is 0 Å². The highest BCUT2D eigenvalue weighted by Gasteiger charge is 2.14. The largest absolute Gasteiger partial charge is 0.375 e. The van der Waals surface area contributed by atoms with E-state index in [4.69, 9.17) is 23.2 Å². The second-order valence-electron chi connectivity index (χ2n) is 4.01. The fourth-order valence-corrected chi connectivity index (χ4v) is 2.06. The van der Waals surface area contributed by atoms with Crippen LogP contribution in [0, 0.1) is 15.9 Å². The number of nitrogens with zero attached hydrogens (tertiary/aromatic N) is 1. The maximum Gasteiger partial charge on any atom is 0.292 e. The smallest absolute Gasteiger partial charge is 0.292 e. The van der Waals surface area contributed by atoms with Gasteiger partial charge in [0.1, 0.15) is 11.5 Å². The van der Waals surface area contributed by atoms with Crippen molar-refractivity contribution in [3.63, 3.8) is 0 Å². The molecular weight excluding hydrogens is 306 g/mol. The lowest BCUT2D eigenvalue weighted by Crippen LogP contribution is -2.03. The first-order chi connectivity index (χ1) is 9.47. The molecule has 0 aliphatic rings. The molecule has 0 fully saturated rings. The summed E-state index contributed by atoms with van der Waals surface area (Å²) in [6, 6.07) is 8.12. The van der Waals surface area contributed by atoms with Crippen molar-refractivity contribution in [3.8, 4) is 0 Å². The summed E-state index contributed by atoms with van der Waals surface area (Å²) in [7, 11) is 0. The van der Waals surface area contributed by atoms with Crippen LogP contribution in [0.5, 0.6) is 0 Å². The van der Waals surface area contributed by atoms with E-state index in [1.165, 1.54) is 0 Å². The molecule has 2 aromatic rings. The fraction of sp³-hybridized carbons (Fsp3) is 0.0769. The van der Waals surface area contributed by atoms with Crippen molar-refractivity contribution in [2.24, 2.45) is 0 Å². The number of nitrogens with one attached hydrogen (secondary N) is 1. The Morgan fingerprint density at radius 3 is 2.65 bits per heavy atom. The molecule has 20 heavy (non-hydrogen) atoms. The van der Waals surface area contributed by atoms with Gasteiger partial charge in [-0.1, -0.05) is 23.2 Å². The van der Waals surface area contributed by atoms with Gasteiger partial charge in [-0.15, -0.1) is 0 Å². The molecule has 0 atom stereocenters. The molecule has 0 saturated heterocycles. The summed E-state index contributed by atoms with van der Waals surface area (Å²) in [6.07, 6.45) is 0. The predicted octanol–water partition coefficient (Wildman–Crippen LogP) is 4.65. The van der Waals surface area contributed by atoms with Crippen LogP contribution in [0.4, 0.5) is 15.8 Å². The minimum Gasteiger partial charge on any atom is -0.375 e. The highest BCUT2D eigenvalue weighted by atomic mass is 35.5. The first-order valence-electron chi connectivity index (χ1n) is 5.59. The first-order valence-corrected chi connectivity index (χ1v) is 6.34. The Kier molecular flexibility index (Phi) is 4.42. The third kappa shape index (κ3) is 3.37. The normalized spacial score (nSPS) is 10.3. The van der Waals surface area contributed by atoms with Gasteiger partial charge in [-0.05, 0) is 29.8 Å². The van der Waals surface area contributed by atoms with Gasteiger partial charge in [-0.2, -0.15) is 0 Å². The molecule has 0 aliphatic heterocycles. The highest BCUT2D eigenvalue weighted by molar-refractivity contribution is 6.33. The molecule has 0 bridgehead atoms. The van der Waals surface area contributed by atoms with E-state index in [2.05, 4.69) is 5.32 Å². The predicted molar refractivity (Wildman–Crippen MR) is 76.8 cm³/mol. The third-order valence-electron chi connectivity index (χ3n) is 2.63. The van der Waals surface area contributed by atoms with Gasteiger partial charge in [0.05, 0.1) is 4.92 Å². The van der Waals surface area contributed by atoms with E-state index in [0.29, 0.717) is 15.6 Å². The molecule has 0 heterocycles. The monoisotopic (exact) mass is 314 g/mol. The molecule has 0 aliphatic carbocycles. The molecule has 0 spiro atoms. The van der Waals surface area contributed by atoms with E-state index in [-0.39, 0.29) is 17.9 Å². The van der Waals surface area contributed by atoms with Gasteiger partial charge in [0.15, 0.2) is 0 Å². The average Bonchev–Trinajstić information content (AvgIpc) is 2.39. The van der Waals surface area contributed by atoms with Crippen molar-refractivity contribution in [3.05, 3.63) is 67.9 Å². The van der Waals surface area contributed by atoms with Crippen molar-refractivity contribution < 1.29 is 9.31 Å². The lowest BCUT2D eigenvalue weighted by Gasteiger charge is -2.09. The first kappa shape index (κ1) is 14.6. The zero-order chi connectivity index (χ0) is 14.7. The Morgan fingerprint density at radius 1 is 1.20 bits per heavy atom. The average molecular weight is 315 g/mol. The molecule has 0 aromatic heterocycles. The van der Waals surface area contributed by atoms with Gasteiger partial charge in [0, 0.05) is 28.7 Å². The molecule has 4 nitrogen and oxygen atoms in total. The Labute approximate surface area is 124 Å². The number of hydrogen-bond acceptors (Lipinski definition) is 3. The maximum absolute atomic E-state index is 13.2. The van der Waals surface area contributed by atoms with Crippen LogP contribution in [0.3, 0.4) is 0 Å². The number of hydrogen-bond donors (Lipinski definition) is 1. The van der Waals surface area contributed by atoms with Crippen LogP contribution in [0.25, 0.3) is 0 Å². The second-order valence-corrected chi connectivity index (χ2v) is 4.85. The minimum atomic E-state index is -0.582. The highest BCUT2D eigenvalue weighted by Crippen LogP contribution is 2.27. The van der Waals surface area contributed by atoms with E-state index in [1.54, 1.807) is 18.2 Å². The number of nitro benzene ring substituents is 1. The summed E-state index contributed by atoms with van der Waals surface area (Å²) < 4.78 is 13.2. The summed E-state index contributed by atoms with van der Waals surface area (Å²) in [5.74, 6) is -0.560. The minimum absolute atomic E-state index is 0.0889. The van der Waals surface area contributed by atoms with Crippen LogP contribution in [0.2, 0.25) is 10.0 Å². The molecular formula is C13H9Cl2FN2O2. The molecule has 7 heteroatoms. The summed E-state index contributed by atoms with van der Waals surface area (Å²) in [4.78, 5) is 10.3. The van der Waals surface area contributed by atoms with E-state index in [9.17, 15) is 14.5 Å². The van der Waals surface area contributed by atoms with Gasteiger partial charge < -0.3 is 5.32 Å².